The molecule has 1 aromatic heterocycles. The fraction of sp³-hybridized carbons (Fsp3) is 0.308. The lowest BCUT2D eigenvalue weighted by molar-refractivity contribution is 1.09. The van der Waals surface area contributed by atoms with Gasteiger partial charge in [-0.1, -0.05) is 44.0 Å². The molecule has 0 unspecified atom stereocenters. The van der Waals surface area contributed by atoms with E-state index in [0.717, 1.165) is 21.4 Å². The Balaban J connectivity index is 0.000000337. The van der Waals surface area contributed by atoms with Gasteiger partial charge in [0.2, 0.25) is 0 Å². The van der Waals surface area contributed by atoms with Crippen molar-refractivity contribution >= 4 is 22.4 Å². The topological polar surface area (TPSA) is 12.9 Å². The summed E-state index contributed by atoms with van der Waals surface area (Å²) >= 11 is 6.03. The van der Waals surface area contributed by atoms with E-state index >= 15 is 0 Å². The van der Waals surface area contributed by atoms with Gasteiger partial charge in [-0.3, -0.25) is 4.98 Å². The highest BCUT2D eigenvalue weighted by Crippen LogP contribution is 2.24. The Morgan fingerprint density at radius 1 is 1.20 bits per heavy atom. The van der Waals surface area contributed by atoms with Crippen molar-refractivity contribution in [2.75, 3.05) is 0 Å². The van der Waals surface area contributed by atoms with Crippen molar-refractivity contribution in [3.8, 4) is 0 Å². The highest BCUT2D eigenvalue weighted by Gasteiger charge is 2.00. The zero-order valence-corrected chi connectivity index (χ0v) is 10.2. The van der Waals surface area contributed by atoms with Gasteiger partial charge in [0.25, 0.3) is 0 Å². The Labute approximate surface area is 96.1 Å². The van der Waals surface area contributed by atoms with Crippen molar-refractivity contribution in [3.63, 3.8) is 0 Å². The van der Waals surface area contributed by atoms with Crippen LogP contribution in [0.15, 0.2) is 30.6 Å². The van der Waals surface area contributed by atoms with Crippen LogP contribution in [0.5, 0.6) is 0 Å². The number of fused-ring (bicyclic) bond motifs is 1. The SMILES string of the molecule is CCC.Cc1cncc2cccc(Cl)c12. The number of aromatic nitrogens is 1. The lowest BCUT2D eigenvalue weighted by Crippen LogP contribution is -1.81. The Hall–Kier alpha value is -1.08. The Bertz CT molecular complexity index is 401. The fourth-order valence-corrected chi connectivity index (χ4v) is 1.69. The van der Waals surface area contributed by atoms with Gasteiger partial charge in [-0.05, 0) is 18.6 Å². The first-order valence-electron chi connectivity index (χ1n) is 5.19. The van der Waals surface area contributed by atoms with E-state index in [2.05, 4.69) is 18.8 Å². The highest BCUT2D eigenvalue weighted by molar-refractivity contribution is 6.35. The Kier molecular flexibility index (Phi) is 4.57. The third kappa shape index (κ3) is 2.93. The predicted octanol–water partition coefficient (Wildman–Crippen LogP) is 4.61. The molecule has 0 atom stereocenters. The summed E-state index contributed by atoms with van der Waals surface area (Å²) in [4.78, 5) is 4.09. The van der Waals surface area contributed by atoms with E-state index in [-0.39, 0.29) is 0 Å². The monoisotopic (exact) mass is 221 g/mol. The minimum Gasteiger partial charge on any atom is -0.264 e. The average molecular weight is 222 g/mol. The molecule has 0 amide bonds. The second-order valence-corrected chi connectivity index (χ2v) is 3.91. The number of benzene rings is 1. The normalized spacial score (nSPS) is 9.60. The molecule has 1 aromatic carbocycles. The molecule has 1 heterocycles. The number of hydrogen-bond donors (Lipinski definition) is 0. The molecule has 0 fully saturated rings. The van der Waals surface area contributed by atoms with Crippen molar-refractivity contribution in [2.24, 2.45) is 0 Å². The summed E-state index contributed by atoms with van der Waals surface area (Å²) in [7, 11) is 0. The standard InChI is InChI=1S/C10H8ClN.C3H8/c1-7-5-12-6-8-3-2-4-9(11)10(7)8;1-3-2/h2-6H,1H3;3H2,1-2H3. The van der Waals surface area contributed by atoms with E-state index in [0.29, 0.717) is 0 Å². The number of pyridine rings is 1. The number of halogens is 1. The van der Waals surface area contributed by atoms with Crippen LogP contribution in [0, 0.1) is 6.92 Å². The van der Waals surface area contributed by atoms with Crippen LogP contribution in [-0.4, -0.2) is 4.98 Å². The van der Waals surface area contributed by atoms with Crippen molar-refractivity contribution in [3.05, 3.63) is 41.2 Å². The van der Waals surface area contributed by atoms with Crippen molar-refractivity contribution in [1.29, 1.82) is 0 Å². The molecule has 0 saturated heterocycles. The van der Waals surface area contributed by atoms with Gasteiger partial charge in [0.05, 0.1) is 0 Å². The zero-order chi connectivity index (χ0) is 11.3. The van der Waals surface area contributed by atoms with E-state index in [1.54, 1.807) is 0 Å². The molecular formula is C13H16ClN. The molecule has 2 aromatic rings. The number of rotatable bonds is 0. The molecule has 0 spiro atoms. The zero-order valence-electron chi connectivity index (χ0n) is 9.42. The number of nitrogens with zero attached hydrogens (tertiary/aromatic N) is 1. The first-order valence-corrected chi connectivity index (χ1v) is 5.57. The summed E-state index contributed by atoms with van der Waals surface area (Å²) in [5, 5.41) is 3.00. The van der Waals surface area contributed by atoms with Gasteiger partial charge in [-0.2, -0.15) is 0 Å². The van der Waals surface area contributed by atoms with Crippen LogP contribution in [-0.2, 0) is 0 Å². The second-order valence-electron chi connectivity index (χ2n) is 3.50. The molecular weight excluding hydrogens is 206 g/mol. The van der Waals surface area contributed by atoms with Crippen LogP contribution in [0.2, 0.25) is 5.02 Å². The van der Waals surface area contributed by atoms with E-state index in [4.69, 9.17) is 11.6 Å². The average Bonchev–Trinajstić information content (AvgIpc) is 2.19. The molecule has 0 aliphatic carbocycles. The van der Waals surface area contributed by atoms with Gasteiger partial charge in [-0.15, -0.1) is 0 Å². The summed E-state index contributed by atoms with van der Waals surface area (Å²) in [5.41, 5.74) is 1.12. The summed E-state index contributed by atoms with van der Waals surface area (Å²) in [5.74, 6) is 0. The van der Waals surface area contributed by atoms with Gasteiger partial charge in [0, 0.05) is 28.2 Å². The Morgan fingerprint density at radius 2 is 1.87 bits per heavy atom. The first-order chi connectivity index (χ1) is 7.20. The van der Waals surface area contributed by atoms with E-state index in [1.807, 2.05) is 37.5 Å². The predicted molar refractivity (Wildman–Crippen MR) is 67.5 cm³/mol. The maximum absolute atomic E-state index is 6.03. The van der Waals surface area contributed by atoms with Gasteiger partial charge in [0.1, 0.15) is 0 Å². The van der Waals surface area contributed by atoms with E-state index in [9.17, 15) is 0 Å². The molecule has 1 nitrogen and oxygen atoms in total. The van der Waals surface area contributed by atoms with Gasteiger partial charge < -0.3 is 0 Å². The molecule has 2 rings (SSSR count). The first kappa shape index (κ1) is 12.0. The molecule has 2 heteroatoms. The van der Waals surface area contributed by atoms with E-state index < -0.39 is 0 Å². The van der Waals surface area contributed by atoms with Gasteiger partial charge >= 0.3 is 0 Å². The minimum absolute atomic E-state index is 0.799. The largest absolute Gasteiger partial charge is 0.264 e. The molecule has 0 radical (unpaired) electrons. The smallest absolute Gasteiger partial charge is 0.0488 e. The molecule has 15 heavy (non-hydrogen) atoms. The summed E-state index contributed by atoms with van der Waals surface area (Å²) in [6.07, 6.45) is 4.91. The van der Waals surface area contributed by atoms with Crippen LogP contribution in [0.3, 0.4) is 0 Å². The fourth-order valence-electron chi connectivity index (χ4n) is 1.36. The molecule has 0 N–H and O–H groups in total. The van der Waals surface area contributed by atoms with Gasteiger partial charge in [0.15, 0.2) is 0 Å². The van der Waals surface area contributed by atoms with Crippen LogP contribution in [0.1, 0.15) is 25.8 Å². The molecule has 0 bridgehead atoms. The molecule has 0 aliphatic rings. The maximum atomic E-state index is 6.03. The maximum Gasteiger partial charge on any atom is 0.0488 e. The van der Waals surface area contributed by atoms with Crippen LogP contribution < -0.4 is 0 Å². The summed E-state index contributed by atoms with van der Waals surface area (Å²) in [6, 6.07) is 5.85. The lowest BCUT2D eigenvalue weighted by Gasteiger charge is -2.01. The van der Waals surface area contributed by atoms with Crippen LogP contribution >= 0.6 is 11.6 Å². The van der Waals surface area contributed by atoms with Crippen molar-refractivity contribution in [2.45, 2.75) is 27.2 Å². The summed E-state index contributed by atoms with van der Waals surface area (Å²) < 4.78 is 0. The number of aryl methyl sites for hydroxylation is 1. The van der Waals surface area contributed by atoms with Crippen molar-refractivity contribution in [1.82, 2.24) is 4.98 Å². The number of hydrogen-bond acceptors (Lipinski definition) is 1. The van der Waals surface area contributed by atoms with Crippen LogP contribution in [0.25, 0.3) is 10.8 Å². The Morgan fingerprint density at radius 3 is 2.47 bits per heavy atom. The summed E-state index contributed by atoms with van der Waals surface area (Å²) in [6.45, 7) is 6.27. The van der Waals surface area contributed by atoms with Gasteiger partial charge in [-0.25, -0.2) is 0 Å². The van der Waals surface area contributed by atoms with Crippen molar-refractivity contribution < 1.29 is 0 Å². The second kappa shape index (κ2) is 5.72. The molecule has 80 valence electrons. The molecule has 0 aliphatic heterocycles. The third-order valence-corrected chi connectivity index (χ3v) is 2.24. The third-order valence-electron chi connectivity index (χ3n) is 1.92. The quantitative estimate of drug-likeness (QED) is 0.633. The minimum atomic E-state index is 0.799. The van der Waals surface area contributed by atoms with E-state index in [1.165, 1.54) is 6.42 Å². The highest BCUT2D eigenvalue weighted by atomic mass is 35.5. The van der Waals surface area contributed by atoms with Crippen LogP contribution in [0.4, 0.5) is 0 Å². The lowest BCUT2D eigenvalue weighted by atomic mass is 10.1. The molecule has 0 saturated carbocycles.